The summed E-state index contributed by atoms with van der Waals surface area (Å²) in [5.41, 5.74) is 1.97. The number of carbonyl (C=O) groups excluding carboxylic acids is 2. The maximum Gasteiger partial charge on any atom is 0.293 e. The molecule has 0 aliphatic rings. The van der Waals surface area contributed by atoms with E-state index in [0.29, 0.717) is 13.1 Å². The summed E-state index contributed by atoms with van der Waals surface area (Å²) in [4.78, 5) is 19.9. The van der Waals surface area contributed by atoms with Gasteiger partial charge in [0.1, 0.15) is 0 Å². The highest BCUT2D eigenvalue weighted by atomic mass is 16.5. The molecule has 0 unspecified atom stereocenters. The number of benzene rings is 1. The summed E-state index contributed by atoms with van der Waals surface area (Å²) in [6, 6.07) is 7.57. The van der Waals surface area contributed by atoms with Crippen LogP contribution in [0.4, 0.5) is 0 Å². The van der Waals surface area contributed by atoms with Crippen molar-refractivity contribution in [1.82, 2.24) is 0 Å². The van der Waals surface area contributed by atoms with Crippen LogP contribution in [-0.2, 0) is 9.53 Å². The predicted octanol–water partition coefficient (Wildman–Crippen LogP) is 2.38. The number of rotatable bonds is 3. The molecule has 0 spiro atoms. The smallest absolute Gasteiger partial charge is 0.293 e. The monoisotopic (exact) mass is 208 g/mol. The Kier molecular flexibility index (Phi) is 6.89. The van der Waals surface area contributed by atoms with Crippen molar-refractivity contribution in [3.05, 3.63) is 35.4 Å². The van der Waals surface area contributed by atoms with Crippen LogP contribution >= 0.6 is 0 Å². The van der Waals surface area contributed by atoms with Gasteiger partial charge in [0, 0.05) is 5.56 Å². The number of carbonyl (C=O) groups is 2. The predicted molar refractivity (Wildman–Crippen MR) is 58.9 cm³/mol. The topological polar surface area (TPSA) is 43.4 Å². The van der Waals surface area contributed by atoms with Gasteiger partial charge >= 0.3 is 0 Å². The summed E-state index contributed by atoms with van der Waals surface area (Å²) >= 11 is 0. The Labute approximate surface area is 90.1 Å². The van der Waals surface area contributed by atoms with Gasteiger partial charge in [0.05, 0.1) is 6.61 Å². The van der Waals surface area contributed by atoms with Gasteiger partial charge in [-0.2, -0.15) is 0 Å². The number of hydrogen-bond donors (Lipinski definition) is 0. The fourth-order valence-corrected chi connectivity index (χ4v) is 0.856. The van der Waals surface area contributed by atoms with Crippen LogP contribution in [0.3, 0.4) is 0 Å². The van der Waals surface area contributed by atoms with Crippen LogP contribution in [0, 0.1) is 6.92 Å². The van der Waals surface area contributed by atoms with E-state index in [1.165, 1.54) is 5.56 Å². The minimum Gasteiger partial charge on any atom is -0.468 e. The van der Waals surface area contributed by atoms with Crippen LogP contribution in [0.15, 0.2) is 24.3 Å². The molecule has 0 saturated carbocycles. The van der Waals surface area contributed by atoms with Crippen molar-refractivity contribution < 1.29 is 14.3 Å². The Morgan fingerprint density at radius 2 is 1.87 bits per heavy atom. The zero-order valence-electron chi connectivity index (χ0n) is 9.32. The first-order valence-corrected chi connectivity index (χ1v) is 4.74. The highest BCUT2D eigenvalue weighted by molar-refractivity contribution is 5.93. The zero-order valence-corrected chi connectivity index (χ0v) is 9.32. The Bertz CT molecular complexity index is 301. The van der Waals surface area contributed by atoms with Gasteiger partial charge in [0.2, 0.25) is 0 Å². The van der Waals surface area contributed by atoms with Crippen molar-refractivity contribution >= 4 is 12.3 Å². The van der Waals surface area contributed by atoms with Gasteiger partial charge in [-0.3, -0.25) is 9.59 Å². The highest BCUT2D eigenvalue weighted by Gasteiger charge is 1.95. The summed E-state index contributed by atoms with van der Waals surface area (Å²) in [5.74, 6) is 0.125. The highest BCUT2D eigenvalue weighted by Crippen LogP contribution is 2.02. The molecule has 15 heavy (non-hydrogen) atoms. The molecular weight excluding hydrogens is 192 g/mol. The van der Waals surface area contributed by atoms with Crippen LogP contribution in [0.2, 0.25) is 0 Å². The molecule has 0 atom stereocenters. The van der Waals surface area contributed by atoms with Crippen LogP contribution in [0.5, 0.6) is 0 Å². The lowest BCUT2D eigenvalue weighted by Crippen LogP contribution is -1.90. The first-order valence-electron chi connectivity index (χ1n) is 4.74. The lowest BCUT2D eigenvalue weighted by atomic mass is 10.1. The minimum absolute atomic E-state index is 0.125. The molecular formula is C12H16O3. The standard InChI is InChI=1S/C9H10O.C3H6O2/c1-7-3-5-9(6-4-7)8(2)10;1-2-5-3-4/h3-6H,1-2H3;3H,2H2,1H3. The van der Waals surface area contributed by atoms with E-state index in [9.17, 15) is 9.59 Å². The molecule has 0 N–H and O–H groups in total. The Morgan fingerprint density at radius 3 is 2.13 bits per heavy atom. The SMILES string of the molecule is CC(=O)c1ccc(C)cc1.CCOC=O. The normalized spacial score (nSPS) is 8.47. The lowest BCUT2D eigenvalue weighted by molar-refractivity contribution is -0.128. The van der Waals surface area contributed by atoms with E-state index in [-0.39, 0.29) is 5.78 Å². The Hall–Kier alpha value is -1.64. The number of ether oxygens (including phenoxy) is 1. The molecule has 0 fully saturated rings. The van der Waals surface area contributed by atoms with Gasteiger partial charge in [-0.25, -0.2) is 0 Å². The van der Waals surface area contributed by atoms with Crippen molar-refractivity contribution in [3.63, 3.8) is 0 Å². The molecule has 0 amide bonds. The first kappa shape index (κ1) is 13.4. The fraction of sp³-hybridized carbons (Fsp3) is 0.333. The maximum absolute atomic E-state index is 10.8. The summed E-state index contributed by atoms with van der Waals surface area (Å²) in [5, 5.41) is 0. The second-order valence-corrected chi connectivity index (χ2v) is 2.97. The average molecular weight is 208 g/mol. The van der Waals surface area contributed by atoms with Gasteiger partial charge in [-0.1, -0.05) is 29.8 Å². The van der Waals surface area contributed by atoms with Crippen molar-refractivity contribution in [2.24, 2.45) is 0 Å². The minimum atomic E-state index is 0.125. The third kappa shape index (κ3) is 6.43. The summed E-state index contributed by atoms with van der Waals surface area (Å²) in [7, 11) is 0. The van der Waals surface area contributed by atoms with E-state index < -0.39 is 0 Å². The molecule has 1 rings (SSSR count). The molecule has 0 aromatic heterocycles. The summed E-state index contributed by atoms with van der Waals surface area (Å²) in [6.45, 7) is 6.24. The van der Waals surface area contributed by atoms with Crippen LogP contribution in [-0.4, -0.2) is 18.9 Å². The van der Waals surface area contributed by atoms with E-state index in [2.05, 4.69) is 4.74 Å². The van der Waals surface area contributed by atoms with Crippen molar-refractivity contribution in [2.45, 2.75) is 20.8 Å². The van der Waals surface area contributed by atoms with Gasteiger partial charge in [-0.05, 0) is 20.8 Å². The third-order valence-electron chi connectivity index (χ3n) is 1.69. The number of Topliss-reactive ketones (excluding diaryl/α,β-unsaturated/α-hetero) is 1. The molecule has 0 radical (unpaired) electrons. The van der Waals surface area contributed by atoms with E-state index >= 15 is 0 Å². The molecule has 0 heterocycles. The second-order valence-electron chi connectivity index (χ2n) is 2.97. The molecule has 0 aliphatic carbocycles. The molecule has 0 bridgehead atoms. The Balaban J connectivity index is 0.000000336. The van der Waals surface area contributed by atoms with Gasteiger partial charge in [-0.15, -0.1) is 0 Å². The third-order valence-corrected chi connectivity index (χ3v) is 1.69. The molecule has 1 aromatic carbocycles. The van der Waals surface area contributed by atoms with Gasteiger partial charge < -0.3 is 4.74 Å². The van der Waals surface area contributed by atoms with Gasteiger partial charge in [0.15, 0.2) is 5.78 Å². The number of hydrogen-bond acceptors (Lipinski definition) is 3. The van der Waals surface area contributed by atoms with Crippen molar-refractivity contribution in [2.75, 3.05) is 6.61 Å². The van der Waals surface area contributed by atoms with E-state index in [1.807, 2.05) is 31.2 Å². The quantitative estimate of drug-likeness (QED) is 0.565. The summed E-state index contributed by atoms with van der Waals surface area (Å²) in [6.07, 6.45) is 0. The molecule has 0 aliphatic heterocycles. The Morgan fingerprint density at radius 1 is 1.33 bits per heavy atom. The molecule has 3 heteroatoms. The van der Waals surface area contributed by atoms with Crippen molar-refractivity contribution in [3.8, 4) is 0 Å². The second kappa shape index (κ2) is 7.74. The summed E-state index contributed by atoms with van der Waals surface area (Å²) < 4.78 is 4.15. The van der Waals surface area contributed by atoms with E-state index in [4.69, 9.17) is 0 Å². The maximum atomic E-state index is 10.8. The molecule has 0 saturated heterocycles. The van der Waals surface area contributed by atoms with E-state index in [1.54, 1.807) is 13.8 Å². The lowest BCUT2D eigenvalue weighted by Gasteiger charge is -1.93. The zero-order chi connectivity index (χ0) is 11.7. The van der Waals surface area contributed by atoms with Gasteiger partial charge in [0.25, 0.3) is 6.47 Å². The van der Waals surface area contributed by atoms with Crippen LogP contribution < -0.4 is 0 Å². The van der Waals surface area contributed by atoms with Crippen LogP contribution in [0.1, 0.15) is 29.8 Å². The number of ketones is 1. The van der Waals surface area contributed by atoms with Crippen LogP contribution in [0.25, 0.3) is 0 Å². The average Bonchev–Trinajstić information content (AvgIpc) is 2.20. The fourth-order valence-electron chi connectivity index (χ4n) is 0.856. The first-order chi connectivity index (χ1) is 7.11. The largest absolute Gasteiger partial charge is 0.468 e. The molecule has 1 aromatic rings. The van der Waals surface area contributed by atoms with Crippen molar-refractivity contribution in [1.29, 1.82) is 0 Å². The number of aryl methyl sites for hydroxylation is 1. The molecule has 82 valence electrons. The van der Waals surface area contributed by atoms with E-state index in [0.717, 1.165) is 5.56 Å². The molecule has 3 nitrogen and oxygen atoms in total.